The summed E-state index contributed by atoms with van der Waals surface area (Å²) < 4.78 is 24.3. The molecule has 0 aliphatic rings. The van der Waals surface area contributed by atoms with Gasteiger partial charge in [-0.3, -0.25) is 0 Å². The SMILES string of the molecule is CC(C)c1ccc(C(N)CNS(C)(=O)=O)cc1. The maximum atomic E-state index is 10.9. The van der Waals surface area contributed by atoms with Gasteiger partial charge in [0.05, 0.1) is 6.26 Å². The van der Waals surface area contributed by atoms with Gasteiger partial charge in [0, 0.05) is 12.6 Å². The van der Waals surface area contributed by atoms with E-state index in [1.807, 2.05) is 24.3 Å². The van der Waals surface area contributed by atoms with Crippen LogP contribution in [0.1, 0.15) is 36.9 Å². The van der Waals surface area contributed by atoms with Gasteiger partial charge in [-0.15, -0.1) is 0 Å². The van der Waals surface area contributed by atoms with Crippen LogP contribution in [0, 0.1) is 0 Å². The van der Waals surface area contributed by atoms with E-state index in [9.17, 15) is 8.42 Å². The molecule has 3 N–H and O–H groups in total. The Hall–Kier alpha value is -0.910. The minimum atomic E-state index is -3.18. The normalized spacial score (nSPS) is 13.9. The van der Waals surface area contributed by atoms with Crippen molar-refractivity contribution < 1.29 is 8.42 Å². The number of benzene rings is 1. The summed E-state index contributed by atoms with van der Waals surface area (Å²) in [6, 6.07) is 7.64. The first-order valence-corrected chi connectivity index (χ1v) is 7.49. The van der Waals surface area contributed by atoms with Crippen LogP contribution < -0.4 is 10.5 Å². The maximum absolute atomic E-state index is 10.9. The molecule has 96 valence electrons. The van der Waals surface area contributed by atoms with Crippen molar-refractivity contribution in [1.82, 2.24) is 4.72 Å². The largest absolute Gasteiger partial charge is 0.323 e. The molecule has 0 aromatic heterocycles. The molecule has 0 bridgehead atoms. The third-order valence-corrected chi connectivity index (χ3v) is 3.29. The van der Waals surface area contributed by atoms with Gasteiger partial charge in [0.25, 0.3) is 0 Å². The van der Waals surface area contributed by atoms with E-state index in [1.165, 1.54) is 5.56 Å². The molecule has 17 heavy (non-hydrogen) atoms. The Morgan fingerprint density at radius 3 is 2.06 bits per heavy atom. The molecule has 5 heteroatoms. The molecule has 0 aliphatic heterocycles. The fourth-order valence-electron chi connectivity index (χ4n) is 1.49. The number of nitrogens with two attached hydrogens (primary N) is 1. The number of hydrogen-bond acceptors (Lipinski definition) is 3. The van der Waals surface area contributed by atoms with Crippen LogP contribution in [0.4, 0.5) is 0 Å². The lowest BCUT2D eigenvalue weighted by molar-refractivity contribution is 0.578. The summed E-state index contributed by atoms with van der Waals surface area (Å²) in [5.74, 6) is 0.481. The molecule has 1 unspecified atom stereocenters. The molecule has 0 radical (unpaired) electrons. The van der Waals surface area contributed by atoms with Crippen LogP contribution in [0.5, 0.6) is 0 Å². The molecule has 0 saturated carbocycles. The summed E-state index contributed by atoms with van der Waals surface area (Å²) in [6.07, 6.45) is 1.13. The molecular weight excluding hydrogens is 236 g/mol. The Bertz CT molecular complexity index is 452. The van der Waals surface area contributed by atoms with E-state index in [2.05, 4.69) is 18.6 Å². The van der Waals surface area contributed by atoms with Crippen molar-refractivity contribution in [2.45, 2.75) is 25.8 Å². The lowest BCUT2D eigenvalue weighted by atomic mass is 9.99. The van der Waals surface area contributed by atoms with Crippen LogP contribution in [-0.2, 0) is 10.0 Å². The second kappa shape index (κ2) is 5.62. The highest BCUT2D eigenvalue weighted by molar-refractivity contribution is 7.88. The second-order valence-corrected chi connectivity index (χ2v) is 6.38. The number of nitrogens with one attached hydrogen (secondary N) is 1. The molecule has 0 spiro atoms. The first-order valence-electron chi connectivity index (χ1n) is 5.59. The number of hydrogen-bond donors (Lipinski definition) is 2. The number of sulfonamides is 1. The summed E-state index contributed by atoms with van der Waals surface area (Å²) in [5.41, 5.74) is 8.08. The third-order valence-electron chi connectivity index (χ3n) is 2.60. The molecular formula is C12H20N2O2S. The van der Waals surface area contributed by atoms with Crippen LogP contribution in [0.3, 0.4) is 0 Å². The van der Waals surface area contributed by atoms with Gasteiger partial charge in [0.1, 0.15) is 0 Å². The fourth-order valence-corrected chi connectivity index (χ4v) is 1.97. The van der Waals surface area contributed by atoms with E-state index < -0.39 is 10.0 Å². The Morgan fingerprint density at radius 2 is 1.65 bits per heavy atom. The number of rotatable bonds is 5. The van der Waals surface area contributed by atoms with Gasteiger partial charge in [-0.25, -0.2) is 13.1 Å². The van der Waals surface area contributed by atoms with Gasteiger partial charge in [0.2, 0.25) is 10.0 Å². The first kappa shape index (κ1) is 14.2. The summed E-state index contributed by atoms with van der Waals surface area (Å²) in [7, 11) is -3.18. The van der Waals surface area contributed by atoms with E-state index in [-0.39, 0.29) is 12.6 Å². The lowest BCUT2D eigenvalue weighted by Gasteiger charge is -2.13. The smallest absolute Gasteiger partial charge is 0.208 e. The predicted molar refractivity (Wildman–Crippen MR) is 70.3 cm³/mol. The highest BCUT2D eigenvalue weighted by Gasteiger charge is 2.09. The zero-order chi connectivity index (χ0) is 13.1. The standard InChI is InChI=1S/C12H20N2O2S/c1-9(2)10-4-6-11(7-5-10)12(13)8-14-17(3,15)16/h4-7,9,12,14H,8,13H2,1-3H3. The monoisotopic (exact) mass is 256 g/mol. The van der Waals surface area contributed by atoms with Gasteiger partial charge >= 0.3 is 0 Å². The highest BCUT2D eigenvalue weighted by Crippen LogP contribution is 2.17. The summed E-state index contributed by atoms with van der Waals surface area (Å²) in [4.78, 5) is 0. The Kier molecular flexibility index (Phi) is 4.68. The minimum Gasteiger partial charge on any atom is -0.323 e. The van der Waals surface area contributed by atoms with Crippen LogP contribution in [-0.4, -0.2) is 21.2 Å². The lowest BCUT2D eigenvalue weighted by Crippen LogP contribution is -2.31. The molecule has 0 aliphatic carbocycles. The van der Waals surface area contributed by atoms with E-state index in [4.69, 9.17) is 5.73 Å². The Morgan fingerprint density at radius 1 is 1.18 bits per heavy atom. The topological polar surface area (TPSA) is 72.2 Å². The zero-order valence-electron chi connectivity index (χ0n) is 10.5. The van der Waals surface area contributed by atoms with Crippen LogP contribution >= 0.6 is 0 Å². The molecule has 1 atom stereocenters. The van der Waals surface area contributed by atoms with E-state index >= 15 is 0 Å². The van der Waals surface area contributed by atoms with Crippen molar-refractivity contribution in [3.63, 3.8) is 0 Å². The molecule has 1 rings (SSSR count). The zero-order valence-corrected chi connectivity index (χ0v) is 11.3. The summed E-state index contributed by atoms with van der Waals surface area (Å²) >= 11 is 0. The van der Waals surface area contributed by atoms with Crippen LogP contribution in [0.15, 0.2) is 24.3 Å². The van der Waals surface area contributed by atoms with E-state index in [1.54, 1.807) is 0 Å². The van der Waals surface area contributed by atoms with Crippen molar-refractivity contribution >= 4 is 10.0 Å². The molecule has 1 aromatic rings. The van der Waals surface area contributed by atoms with Gasteiger partial charge in [0.15, 0.2) is 0 Å². The Labute approximate surface area is 103 Å². The van der Waals surface area contributed by atoms with Gasteiger partial charge in [-0.2, -0.15) is 0 Å². The van der Waals surface area contributed by atoms with Crippen molar-refractivity contribution in [3.8, 4) is 0 Å². The summed E-state index contributed by atoms with van der Waals surface area (Å²) in [5, 5.41) is 0. The van der Waals surface area contributed by atoms with Crippen molar-refractivity contribution in [3.05, 3.63) is 35.4 Å². The molecule has 4 nitrogen and oxygen atoms in total. The van der Waals surface area contributed by atoms with Crippen LogP contribution in [0.25, 0.3) is 0 Å². The predicted octanol–water partition coefficient (Wildman–Crippen LogP) is 1.36. The van der Waals surface area contributed by atoms with Crippen LogP contribution in [0.2, 0.25) is 0 Å². The van der Waals surface area contributed by atoms with Crippen molar-refractivity contribution in [2.24, 2.45) is 5.73 Å². The average molecular weight is 256 g/mol. The van der Waals surface area contributed by atoms with Crippen molar-refractivity contribution in [1.29, 1.82) is 0 Å². The molecule has 0 amide bonds. The second-order valence-electron chi connectivity index (χ2n) is 4.55. The Balaban J connectivity index is 2.67. The first-order chi connectivity index (χ1) is 7.79. The maximum Gasteiger partial charge on any atom is 0.208 e. The van der Waals surface area contributed by atoms with E-state index in [0.717, 1.165) is 11.8 Å². The van der Waals surface area contributed by atoms with Gasteiger partial charge in [-0.05, 0) is 17.0 Å². The van der Waals surface area contributed by atoms with E-state index in [0.29, 0.717) is 5.92 Å². The summed E-state index contributed by atoms with van der Waals surface area (Å²) in [6.45, 7) is 4.47. The molecule has 0 fully saturated rings. The fraction of sp³-hybridized carbons (Fsp3) is 0.500. The average Bonchev–Trinajstić information content (AvgIpc) is 2.25. The van der Waals surface area contributed by atoms with Gasteiger partial charge < -0.3 is 5.73 Å². The molecule has 1 aromatic carbocycles. The quantitative estimate of drug-likeness (QED) is 0.835. The highest BCUT2D eigenvalue weighted by atomic mass is 32.2. The minimum absolute atomic E-state index is 0.222. The molecule has 0 heterocycles. The van der Waals surface area contributed by atoms with Crippen molar-refractivity contribution in [2.75, 3.05) is 12.8 Å². The third kappa shape index (κ3) is 4.85. The molecule has 0 saturated heterocycles. The van der Waals surface area contributed by atoms with Gasteiger partial charge in [-0.1, -0.05) is 38.1 Å².